The average Bonchev–Trinajstić information content (AvgIpc) is 2.55. The predicted octanol–water partition coefficient (Wildman–Crippen LogP) is 4.12. The maximum atomic E-state index is 12.0. The Morgan fingerprint density at radius 2 is 2.00 bits per heavy atom. The van der Waals surface area contributed by atoms with E-state index in [9.17, 15) is 4.79 Å². The van der Waals surface area contributed by atoms with Crippen molar-refractivity contribution < 1.29 is 9.53 Å². The number of nitrogens with zero attached hydrogens (tertiary/aromatic N) is 1. The van der Waals surface area contributed by atoms with Gasteiger partial charge in [0.05, 0.1) is 21.7 Å². The van der Waals surface area contributed by atoms with E-state index in [1.165, 1.54) is 0 Å². The van der Waals surface area contributed by atoms with Crippen molar-refractivity contribution in [3.8, 4) is 11.8 Å². The van der Waals surface area contributed by atoms with Gasteiger partial charge < -0.3 is 10.1 Å². The zero-order valence-electron chi connectivity index (χ0n) is 12.3. The van der Waals surface area contributed by atoms with Crippen molar-refractivity contribution in [2.45, 2.75) is 13.0 Å². The third-order valence-electron chi connectivity index (χ3n) is 3.19. The van der Waals surface area contributed by atoms with Gasteiger partial charge in [0.1, 0.15) is 11.8 Å². The summed E-state index contributed by atoms with van der Waals surface area (Å²) in [6, 6.07) is 13.7. The summed E-state index contributed by atoms with van der Waals surface area (Å²) in [6.07, 6.45) is 0. The van der Waals surface area contributed by atoms with Gasteiger partial charge in [-0.05, 0) is 36.8 Å². The molecule has 1 atom stereocenters. The van der Waals surface area contributed by atoms with Crippen LogP contribution in [0.15, 0.2) is 42.5 Å². The van der Waals surface area contributed by atoms with Gasteiger partial charge in [0.2, 0.25) is 0 Å². The molecule has 2 aromatic rings. The molecule has 0 fully saturated rings. The van der Waals surface area contributed by atoms with Crippen LogP contribution in [0.5, 0.6) is 5.75 Å². The highest BCUT2D eigenvalue weighted by atomic mass is 35.5. The number of rotatable bonds is 5. The highest BCUT2D eigenvalue weighted by molar-refractivity contribution is 6.42. The Morgan fingerprint density at radius 1 is 1.26 bits per heavy atom. The first-order chi connectivity index (χ1) is 11.0. The van der Waals surface area contributed by atoms with Crippen LogP contribution in [0.3, 0.4) is 0 Å². The Morgan fingerprint density at radius 3 is 2.70 bits per heavy atom. The molecule has 0 saturated heterocycles. The number of halogens is 2. The Balaban J connectivity index is 1.94. The third kappa shape index (κ3) is 4.62. The van der Waals surface area contributed by atoms with Gasteiger partial charge in [-0.2, -0.15) is 5.26 Å². The average molecular weight is 349 g/mol. The topological polar surface area (TPSA) is 62.1 Å². The molecule has 0 unspecified atom stereocenters. The summed E-state index contributed by atoms with van der Waals surface area (Å²) >= 11 is 11.8. The summed E-state index contributed by atoms with van der Waals surface area (Å²) in [6.45, 7) is 1.66. The largest absolute Gasteiger partial charge is 0.482 e. The smallest absolute Gasteiger partial charge is 0.258 e. The number of hydrogen-bond donors (Lipinski definition) is 1. The first-order valence-corrected chi connectivity index (χ1v) is 7.63. The molecule has 118 valence electrons. The summed E-state index contributed by atoms with van der Waals surface area (Å²) in [5, 5.41) is 12.7. The van der Waals surface area contributed by atoms with Crippen LogP contribution in [0.25, 0.3) is 0 Å². The molecule has 0 heterocycles. The minimum Gasteiger partial charge on any atom is -0.482 e. The maximum Gasteiger partial charge on any atom is 0.258 e. The minimum absolute atomic E-state index is 0.176. The summed E-state index contributed by atoms with van der Waals surface area (Å²) in [5.41, 5.74) is 1.23. The van der Waals surface area contributed by atoms with Gasteiger partial charge in [-0.3, -0.25) is 4.79 Å². The van der Waals surface area contributed by atoms with Crippen LogP contribution in [0.4, 0.5) is 0 Å². The monoisotopic (exact) mass is 348 g/mol. The van der Waals surface area contributed by atoms with Gasteiger partial charge in [0, 0.05) is 0 Å². The molecule has 0 radical (unpaired) electrons. The lowest BCUT2D eigenvalue weighted by molar-refractivity contribution is -0.123. The highest BCUT2D eigenvalue weighted by Crippen LogP contribution is 2.25. The van der Waals surface area contributed by atoms with E-state index in [0.29, 0.717) is 21.4 Å². The van der Waals surface area contributed by atoms with Gasteiger partial charge in [0.25, 0.3) is 5.91 Å². The Hall–Kier alpha value is -2.22. The Kier molecular flexibility index (Phi) is 5.86. The zero-order chi connectivity index (χ0) is 16.8. The normalized spacial score (nSPS) is 11.4. The number of amides is 1. The van der Waals surface area contributed by atoms with Crippen molar-refractivity contribution in [3.63, 3.8) is 0 Å². The number of para-hydroxylation sites is 1. The molecule has 1 N–H and O–H groups in total. The molecular weight excluding hydrogens is 335 g/mol. The van der Waals surface area contributed by atoms with Crippen molar-refractivity contribution in [1.82, 2.24) is 5.32 Å². The second-order valence-corrected chi connectivity index (χ2v) is 5.67. The van der Waals surface area contributed by atoms with E-state index in [4.69, 9.17) is 33.2 Å². The van der Waals surface area contributed by atoms with Crippen LogP contribution in [0, 0.1) is 11.3 Å². The second-order valence-electron chi connectivity index (χ2n) is 4.86. The van der Waals surface area contributed by atoms with E-state index in [0.717, 1.165) is 5.56 Å². The molecule has 0 saturated carbocycles. The Bertz CT molecular complexity index is 756. The molecule has 0 spiro atoms. The van der Waals surface area contributed by atoms with Crippen molar-refractivity contribution in [3.05, 3.63) is 63.6 Å². The minimum atomic E-state index is -0.295. The molecule has 4 nitrogen and oxygen atoms in total. The molecule has 0 aromatic heterocycles. The Labute approximate surface area is 144 Å². The fourth-order valence-corrected chi connectivity index (χ4v) is 2.28. The molecule has 0 bridgehead atoms. The molecule has 6 heteroatoms. The zero-order valence-corrected chi connectivity index (χ0v) is 13.9. The molecule has 2 aromatic carbocycles. The molecular formula is C17H14Cl2N2O2. The van der Waals surface area contributed by atoms with Crippen LogP contribution in [0.1, 0.15) is 24.1 Å². The molecule has 0 aliphatic carbocycles. The number of carbonyl (C=O) groups is 1. The predicted molar refractivity (Wildman–Crippen MR) is 89.7 cm³/mol. The lowest BCUT2D eigenvalue weighted by atomic mass is 10.1. The van der Waals surface area contributed by atoms with Gasteiger partial charge >= 0.3 is 0 Å². The van der Waals surface area contributed by atoms with Crippen LogP contribution in [0.2, 0.25) is 10.0 Å². The van der Waals surface area contributed by atoms with E-state index in [2.05, 4.69) is 5.32 Å². The molecule has 0 aliphatic heterocycles. The number of nitriles is 1. The lowest BCUT2D eigenvalue weighted by Gasteiger charge is -2.15. The highest BCUT2D eigenvalue weighted by Gasteiger charge is 2.12. The maximum absolute atomic E-state index is 12.0. The molecule has 2 rings (SSSR count). The van der Waals surface area contributed by atoms with E-state index in [-0.39, 0.29) is 18.6 Å². The van der Waals surface area contributed by atoms with Gasteiger partial charge in [-0.15, -0.1) is 0 Å². The summed E-state index contributed by atoms with van der Waals surface area (Å²) in [4.78, 5) is 12.0. The molecule has 23 heavy (non-hydrogen) atoms. The molecule has 1 amide bonds. The van der Waals surface area contributed by atoms with Crippen molar-refractivity contribution >= 4 is 29.1 Å². The van der Waals surface area contributed by atoms with Gasteiger partial charge in [-0.1, -0.05) is 41.4 Å². The van der Waals surface area contributed by atoms with E-state index < -0.39 is 0 Å². The number of carbonyl (C=O) groups excluding carboxylic acids is 1. The fourth-order valence-electron chi connectivity index (χ4n) is 1.98. The second kappa shape index (κ2) is 7.87. The van der Waals surface area contributed by atoms with Gasteiger partial charge in [-0.25, -0.2) is 0 Å². The van der Waals surface area contributed by atoms with Crippen molar-refractivity contribution in [2.75, 3.05) is 6.61 Å². The van der Waals surface area contributed by atoms with E-state index in [1.54, 1.807) is 42.5 Å². The fraction of sp³-hybridized carbons (Fsp3) is 0.176. The number of hydrogen-bond acceptors (Lipinski definition) is 3. The van der Waals surface area contributed by atoms with Crippen LogP contribution >= 0.6 is 23.2 Å². The van der Waals surface area contributed by atoms with E-state index in [1.807, 2.05) is 13.0 Å². The van der Waals surface area contributed by atoms with Crippen molar-refractivity contribution in [2.24, 2.45) is 0 Å². The number of nitrogens with one attached hydrogen (secondary N) is 1. The van der Waals surface area contributed by atoms with Gasteiger partial charge in [0.15, 0.2) is 6.61 Å². The first-order valence-electron chi connectivity index (χ1n) is 6.87. The quantitative estimate of drug-likeness (QED) is 0.883. The summed E-state index contributed by atoms with van der Waals surface area (Å²) in [7, 11) is 0. The number of ether oxygens (including phenoxy) is 1. The SMILES string of the molecule is C[C@@H](NC(=O)COc1ccccc1C#N)c1ccc(Cl)c(Cl)c1. The molecule has 0 aliphatic rings. The summed E-state index contributed by atoms with van der Waals surface area (Å²) in [5.74, 6) is 0.0867. The summed E-state index contributed by atoms with van der Waals surface area (Å²) < 4.78 is 5.39. The third-order valence-corrected chi connectivity index (χ3v) is 3.93. The number of benzene rings is 2. The van der Waals surface area contributed by atoms with Crippen LogP contribution < -0.4 is 10.1 Å². The van der Waals surface area contributed by atoms with Crippen LogP contribution in [-0.2, 0) is 4.79 Å². The van der Waals surface area contributed by atoms with Crippen LogP contribution in [-0.4, -0.2) is 12.5 Å². The standard InChI is InChI=1S/C17H14Cl2N2O2/c1-11(12-6-7-14(18)15(19)8-12)21-17(22)10-23-16-5-3-2-4-13(16)9-20/h2-8,11H,10H2,1H3,(H,21,22)/t11-/m1/s1. The lowest BCUT2D eigenvalue weighted by Crippen LogP contribution is -2.31. The van der Waals surface area contributed by atoms with Crippen molar-refractivity contribution in [1.29, 1.82) is 5.26 Å². The van der Waals surface area contributed by atoms with E-state index >= 15 is 0 Å². The first kappa shape index (κ1) is 17.1.